The zero-order valence-electron chi connectivity index (χ0n) is 13.8. The van der Waals surface area contributed by atoms with Crippen molar-refractivity contribution in [1.29, 1.82) is 0 Å². The van der Waals surface area contributed by atoms with Crippen LogP contribution in [0.3, 0.4) is 0 Å². The molecule has 0 N–H and O–H groups in total. The molecule has 0 fully saturated rings. The molecular formula is C20H19NO3. The first-order valence-corrected chi connectivity index (χ1v) is 7.81. The van der Waals surface area contributed by atoms with E-state index in [9.17, 15) is 4.79 Å². The predicted molar refractivity (Wildman–Crippen MR) is 94.7 cm³/mol. The van der Waals surface area contributed by atoms with Crippen LogP contribution in [0, 0.1) is 0 Å². The lowest BCUT2D eigenvalue weighted by molar-refractivity contribution is 0.104. The molecular weight excluding hydrogens is 302 g/mol. The van der Waals surface area contributed by atoms with Crippen molar-refractivity contribution in [3.63, 3.8) is 0 Å². The van der Waals surface area contributed by atoms with Crippen LogP contribution in [-0.4, -0.2) is 25.7 Å². The minimum absolute atomic E-state index is 0.0280. The molecule has 2 aromatic carbocycles. The lowest BCUT2D eigenvalue weighted by Gasteiger charge is -2.02. The van der Waals surface area contributed by atoms with Gasteiger partial charge in [-0.2, -0.15) is 0 Å². The normalized spacial score (nSPS) is 14.8. The first-order chi connectivity index (χ1) is 11.7. The Kier molecular flexibility index (Phi) is 4.75. The molecule has 0 spiro atoms. The molecule has 1 aliphatic rings. The summed E-state index contributed by atoms with van der Waals surface area (Å²) in [6.45, 7) is 0. The van der Waals surface area contributed by atoms with Crippen LogP contribution in [-0.2, 0) is 11.3 Å². The molecule has 0 amide bonds. The van der Waals surface area contributed by atoms with Gasteiger partial charge >= 0.3 is 0 Å². The SMILES string of the molecule is CON=C1CCc2cc(/C=C/C(=O)c3ccc(OC)cc3)ccc21. The summed E-state index contributed by atoms with van der Waals surface area (Å²) >= 11 is 0. The summed E-state index contributed by atoms with van der Waals surface area (Å²) in [5.74, 6) is 0.711. The molecule has 0 aliphatic heterocycles. The van der Waals surface area contributed by atoms with E-state index in [1.165, 1.54) is 5.56 Å². The summed E-state index contributed by atoms with van der Waals surface area (Å²) < 4.78 is 5.10. The highest BCUT2D eigenvalue weighted by Gasteiger charge is 2.18. The number of nitrogens with zero attached hydrogens (tertiary/aromatic N) is 1. The number of carbonyl (C=O) groups excluding carboxylic acids is 1. The molecule has 0 atom stereocenters. The van der Waals surface area contributed by atoms with Crippen molar-refractivity contribution in [2.75, 3.05) is 14.2 Å². The zero-order valence-corrected chi connectivity index (χ0v) is 13.8. The van der Waals surface area contributed by atoms with Crippen LogP contribution in [0.1, 0.15) is 33.5 Å². The third-order valence-electron chi connectivity index (χ3n) is 4.07. The second-order valence-corrected chi connectivity index (χ2v) is 5.56. The average molecular weight is 321 g/mol. The predicted octanol–water partition coefficient (Wildman–Crippen LogP) is 3.89. The molecule has 0 bridgehead atoms. The summed E-state index contributed by atoms with van der Waals surface area (Å²) in [5.41, 5.74) is 5.01. The summed E-state index contributed by atoms with van der Waals surface area (Å²) in [6, 6.07) is 13.2. The first kappa shape index (κ1) is 16.0. The molecule has 24 heavy (non-hydrogen) atoms. The fourth-order valence-electron chi connectivity index (χ4n) is 2.82. The van der Waals surface area contributed by atoms with Crippen molar-refractivity contribution < 1.29 is 14.4 Å². The van der Waals surface area contributed by atoms with Crippen molar-refractivity contribution >= 4 is 17.6 Å². The molecule has 4 nitrogen and oxygen atoms in total. The molecule has 122 valence electrons. The third-order valence-corrected chi connectivity index (χ3v) is 4.07. The van der Waals surface area contributed by atoms with Crippen molar-refractivity contribution in [2.24, 2.45) is 5.16 Å². The largest absolute Gasteiger partial charge is 0.497 e. The van der Waals surface area contributed by atoms with Gasteiger partial charge in [0.1, 0.15) is 12.9 Å². The van der Waals surface area contributed by atoms with E-state index < -0.39 is 0 Å². The molecule has 1 aliphatic carbocycles. The van der Waals surface area contributed by atoms with Crippen molar-refractivity contribution in [3.8, 4) is 5.75 Å². The minimum atomic E-state index is -0.0280. The number of ketones is 1. The molecule has 0 saturated carbocycles. The van der Waals surface area contributed by atoms with Crippen LogP contribution in [0.4, 0.5) is 0 Å². The van der Waals surface area contributed by atoms with Crippen LogP contribution >= 0.6 is 0 Å². The Labute approximate surface area is 141 Å². The number of hydrogen-bond acceptors (Lipinski definition) is 4. The van der Waals surface area contributed by atoms with Crippen LogP contribution in [0.5, 0.6) is 5.75 Å². The average Bonchev–Trinajstić information content (AvgIpc) is 3.02. The van der Waals surface area contributed by atoms with E-state index in [0.29, 0.717) is 5.56 Å². The smallest absolute Gasteiger partial charge is 0.185 e. The van der Waals surface area contributed by atoms with Crippen molar-refractivity contribution in [3.05, 3.63) is 70.8 Å². The maximum atomic E-state index is 12.2. The van der Waals surface area contributed by atoms with E-state index >= 15 is 0 Å². The van der Waals surface area contributed by atoms with Gasteiger partial charge in [-0.1, -0.05) is 29.4 Å². The Bertz CT molecular complexity index is 804. The molecule has 0 heterocycles. The van der Waals surface area contributed by atoms with E-state index in [4.69, 9.17) is 9.57 Å². The summed E-state index contributed by atoms with van der Waals surface area (Å²) in [4.78, 5) is 17.1. The summed E-state index contributed by atoms with van der Waals surface area (Å²) in [6.07, 6.45) is 5.29. The number of carbonyl (C=O) groups is 1. The van der Waals surface area contributed by atoms with Gasteiger partial charge in [0.15, 0.2) is 5.78 Å². The van der Waals surface area contributed by atoms with Gasteiger partial charge in [0, 0.05) is 11.1 Å². The van der Waals surface area contributed by atoms with Gasteiger partial charge in [-0.05, 0) is 54.3 Å². The maximum absolute atomic E-state index is 12.2. The topological polar surface area (TPSA) is 47.9 Å². The highest BCUT2D eigenvalue weighted by Crippen LogP contribution is 2.24. The number of allylic oxidation sites excluding steroid dienone is 1. The molecule has 0 radical (unpaired) electrons. The van der Waals surface area contributed by atoms with Crippen LogP contribution < -0.4 is 4.74 Å². The van der Waals surface area contributed by atoms with Gasteiger partial charge in [-0.3, -0.25) is 4.79 Å². The molecule has 3 rings (SSSR count). The number of methoxy groups -OCH3 is 1. The van der Waals surface area contributed by atoms with Crippen LogP contribution in [0.25, 0.3) is 6.08 Å². The van der Waals surface area contributed by atoms with Crippen molar-refractivity contribution in [2.45, 2.75) is 12.8 Å². The lowest BCUT2D eigenvalue weighted by atomic mass is 10.0. The van der Waals surface area contributed by atoms with E-state index in [0.717, 1.165) is 35.4 Å². The number of fused-ring (bicyclic) bond motifs is 1. The Morgan fingerprint density at radius 2 is 1.88 bits per heavy atom. The first-order valence-electron chi connectivity index (χ1n) is 7.81. The van der Waals surface area contributed by atoms with Gasteiger partial charge in [0.2, 0.25) is 0 Å². The van der Waals surface area contributed by atoms with Crippen LogP contribution in [0.15, 0.2) is 53.7 Å². The Balaban J connectivity index is 1.75. The number of aryl methyl sites for hydroxylation is 1. The highest BCUT2D eigenvalue weighted by atomic mass is 16.6. The van der Waals surface area contributed by atoms with E-state index in [1.807, 2.05) is 18.2 Å². The fourth-order valence-corrected chi connectivity index (χ4v) is 2.82. The third kappa shape index (κ3) is 3.38. The Hall–Kier alpha value is -2.88. The summed E-state index contributed by atoms with van der Waals surface area (Å²) in [7, 11) is 3.17. The molecule has 0 aromatic heterocycles. The standard InChI is InChI=1S/C20H19NO3/c1-23-17-8-5-15(6-9-17)20(22)12-4-14-3-10-18-16(13-14)7-11-19(18)21-24-2/h3-6,8-10,12-13H,7,11H2,1-2H3/b12-4+,21-19?. The minimum Gasteiger partial charge on any atom is -0.497 e. The molecule has 4 heteroatoms. The zero-order chi connectivity index (χ0) is 16.9. The molecule has 2 aromatic rings. The Morgan fingerprint density at radius 3 is 2.58 bits per heavy atom. The second kappa shape index (κ2) is 7.13. The maximum Gasteiger partial charge on any atom is 0.185 e. The highest BCUT2D eigenvalue weighted by molar-refractivity contribution is 6.07. The molecule has 0 unspecified atom stereocenters. The van der Waals surface area contributed by atoms with Gasteiger partial charge < -0.3 is 9.57 Å². The lowest BCUT2D eigenvalue weighted by Crippen LogP contribution is -1.95. The van der Waals surface area contributed by atoms with E-state index in [-0.39, 0.29) is 5.78 Å². The monoisotopic (exact) mass is 321 g/mol. The van der Waals surface area contributed by atoms with Gasteiger partial charge in [0.25, 0.3) is 0 Å². The van der Waals surface area contributed by atoms with Gasteiger partial charge in [-0.25, -0.2) is 0 Å². The van der Waals surface area contributed by atoms with Gasteiger partial charge in [0.05, 0.1) is 12.8 Å². The molecule has 0 saturated heterocycles. The van der Waals surface area contributed by atoms with E-state index in [2.05, 4.69) is 11.2 Å². The number of ether oxygens (including phenoxy) is 1. The van der Waals surface area contributed by atoms with Crippen molar-refractivity contribution in [1.82, 2.24) is 0 Å². The number of benzene rings is 2. The van der Waals surface area contributed by atoms with E-state index in [1.54, 1.807) is 44.6 Å². The fraction of sp³-hybridized carbons (Fsp3) is 0.200. The Morgan fingerprint density at radius 1 is 1.08 bits per heavy atom. The number of hydrogen-bond donors (Lipinski definition) is 0. The van der Waals surface area contributed by atoms with Gasteiger partial charge in [-0.15, -0.1) is 0 Å². The number of oxime groups is 1. The second-order valence-electron chi connectivity index (χ2n) is 5.56. The quantitative estimate of drug-likeness (QED) is 0.477. The van der Waals surface area contributed by atoms with Crippen LogP contribution in [0.2, 0.25) is 0 Å². The summed E-state index contributed by atoms with van der Waals surface area (Å²) in [5, 5.41) is 4.06. The number of rotatable bonds is 5.